The number of halogens is 3. The molecule has 1 fully saturated rings. The fraction of sp³-hybridized carbons (Fsp3) is 0.706. The summed E-state index contributed by atoms with van der Waals surface area (Å²) in [6.07, 6.45) is 5.87. The lowest BCUT2D eigenvalue weighted by molar-refractivity contribution is -0.299. The fourth-order valence-electron chi connectivity index (χ4n) is 3.76. The number of hydrogen-bond acceptors (Lipinski definition) is 4. The standard InChI is InChI=1S/C17H23F3N2O2/c1-2-23-24-11-12-7-9-13(10-8-12)22-15-6-4-3-5-14(15)21-16(22)17(18,19)20/h3-6,12-15H,2,7-11H2,1H3. The first-order valence-electron chi connectivity index (χ1n) is 8.53. The Morgan fingerprint density at radius 1 is 1.12 bits per heavy atom. The van der Waals surface area contributed by atoms with Gasteiger partial charge in [0.25, 0.3) is 0 Å². The highest BCUT2D eigenvalue weighted by Gasteiger charge is 2.50. The van der Waals surface area contributed by atoms with Gasteiger partial charge >= 0.3 is 6.18 Å². The molecule has 1 aliphatic heterocycles. The Morgan fingerprint density at radius 3 is 2.50 bits per heavy atom. The second kappa shape index (κ2) is 7.27. The molecule has 0 aromatic carbocycles. The maximum Gasteiger partial charge on any atom is 0.449 e. The van der Waals surface area contributed by atoms with E-state index < -0.39 is 18.1 Å². The van der Waals surface area contributed by atoms with Gasteiger partial charge in [-0.15, -0.1) is 0 Å². The van der Waals surface area contributed by atoms with E-state index in [-0.39, 0.29) is 12.1 Å². The topological polar surface area (TPSA) is 34.1 Å². The van der Waals surface area contributed by atoms with Gasteiger partial charge < -0.3 is 4.90 Å². The number of allylic oxidation sites excluding steroid dienone is 2. The molecular formula is C17H23F3N2O2. The second-order valence-electron chi connectivity index (χ2n) is 6.47. The van der Waals surface area contributed by atoms with Crippen molar-refractivity contribution in [3.05, 3.63) is 24.3 Å². The van der Waals surface area contributed by atoms with Crippen molar-refractivity contribution in [1.82, 2.24) is 4.90 Å². The van der Waals surface area contributed by atoms with Gasteiger partial charge in [-0.05, 0) is 38.5 Å². The Balaban J connectivity index is 1.66. The number of fused-ring (bicyclic) bond motifs is 1. The summed E-state index contributed by atoms with van der Waals surface area (Å²) in [6.45, 7) is 2.86. The third-order valence-electron chi connectivity index (χ3n) is 4.88. The molecule has 0 aromatic heterocycles. The Morgan fingerprint density at radius 2 is 1.83 bits per heavy atom. The molecule has 134 valence electrons. The Kier molecular flexibility index (Phi) is 5.30. The quantitative estimate of drug-likeness (QED) is 0.434. The summed E-state index contributed by atoms with van der Waals surface area (Å²) in [4.78, 5) is 15.5. The molecule has 2 unspecified atom stereocenters. The first-order chi connectivity index (χ1) is 11.5. The average molecular weight is 344 g/mol. The number of nitrogens with zero attached hydrogens (tertiary/aromatic N) is 2. The van der Waals surface area contributed by atoms with Gasteiger partial charge in [-0.25, -0.2) is 9.78 Å². The van der Waals surface area contributed by atoms with E-state index in [4.69, 9.17) is 9.78 Å². The van der Waals surface area contributed by atoms with E-state index in [1.165, 1.54) is 4.90 Å². The van der Waals surface area contributed by atoms with Gasteiger partial charge in [-0.2, -0.15) is 13.2 Å². The molecule has 0 N–H and O–H groups in total. The van der Waals surface area contributed by atoms with E-state index >= 15 is 0 Å². The highest BCUT2D eigenvalue weighted by Crippen LogP contribution is 2.37. The van der Waals surface area contributed by atoms with Gasteiger partial charge in [-0.3, -0.25) is 4.99 Å². The smallest absolute Gasteiger partial charge is 0.341 e. The third kappa shape index (κ3) is 3.67. The molecule has 24 heavy (non-hydrogen) atoms. The minimum Gasteiger partial charge on any atom is -0.341 e. The van der Waals surface area contributed by atoms with Gasteiger partial charge in [0, 0.05) is 6.04 Å². The van der Waals surface area contributed by atoms with Gasteiger partial charge in [0.05, 0.1) is 25.3 Å². The van der Waals surface area contributed by atoms with Crippen LogP contribution in [0, 0.1) is 5.92 Å². The second-order valence-corrected chi connectivity index (χ2v) is 6.47. The third-order valence-corrected chi connectivity index (χ3v) is 4.88. The molecule has 7 heteroatoms. The Bertz CT molecular complexity index is 522. The number of hydrogen-bond donors (Lipinski definition) is 0. The predicted molar refractivity (Wildman–Crippen MR) is 84.5 cm³/mol. The zero-order chi connectivity index (χ0) is 17.2. The molecule has 4 nitrogen and oxygen atoms in total. The monoisotopic (exact) mass is 344 g/mol. The Hall–Kier alpha value is -1.34. The van der Waals surface area contributed by atoms with Crippen LogP contribution in [0.5, 0.6) is 0 Å². The van der Waals surface area contributed by atoms with Crippen LogP contribution in [0.3, 0.4) is 0 Å². The van der Waals surface area contributed by atoms with Crippen LogP contribution in [0.2, 0.25) is 0 Å². The molecule has 0 radical (unpaired) electrons. The zero-order valence-corrected chi connectivity index (χ0v) is 13.7. The summed E-state index contributed by atoms with van der Waals surface area (Å²) in [5.41, 5.74) is 0. The number of aliphatic imine (C=N–C) groups is 1. The zero-order valence-electron chi connectivity index (χ0n) is 13.7. The van der Waals surface area contributed by atoms with Crippen molar-refractivity contribution in [2.75, 3.05) is 13.2 Å². The largest absolute Gasteiger partial charge is 0.449 e. The molecule has 0 spiro atoms. The van der Waals surface area contributed by atoms with Crippen LogP contribution in [0.25, 0.3) is 0 Å². The van der Waals surface area contributed by atoms with Crippen molar-refractivity contribution in [1.29, 1.82) is 0 Å². The van der Waals surface area contributed by atoms with Crippen LogP contribution < -0.4 is 0 Å². The van der Waals surface area contributed by atoms with Crippen molar-refractivity contribution in [2.45, 2.75) is 56.9 Å². The number of amidine groups is 1. The lowest BCUT2D eigenvalue weighted by Crippen LogP contribution is -2.51. The molecule has 0 saturated heterocycles. The lowest BCUT2D eigenvalue weighted by Gasteiger charge is -2.40. The van der Waals surface area contributed by atoms with Gasteiger partial charge in [-0.1, -0.05) is 24.3 Å². The van der Waals surface area contributed by atoms with Crippen LogP contribution in [-0.2, 0) is 9.78 Å². The Labute approximate surface area is 139 Å². The predicted octanol–water partition coefficient (Wildman–Crippen LogP) is 3.65. The molecule has 0 aromatic rings. The van der Waals surface area contributed by atoms with Crippen molar-refractivity contribution in [3.63, 3.8) is 0 Å². The molecule has 0 bridgehead atoms. The van der Waals surface area contributed by atoms with Crippen LogP contribution in [0.1, 0.15) is 32.6 Å². The molecule has 1 saturated carbocycles. The van der Waals surface area contributed by atoms with Crippen LogP contribution in [-0.4, -0.2) is 48.3 Å². The first-order valence-corrected chi connectivity index (χ1v) is 8.53. The molecule has 1 heterocycles. The summed E-state index contributed by atoms with van der Waals surface area (Å²) < 4.78 is 40.3. The van der Waals surface area contributed by atoms with Crippen molar-refractivity contribution >= 4 is 5.84 Å². The van der Waals surface area contributed by atoms with E-state index in [2.05, 4.69) is 4.99 Å². The van der Waals surface area contributed by atoms with E-state index in [0.29, 0.717) is 19.1 Å². The molecule has 3 rings (SSSR count). The summed E-state index contributed by atoms with van der Waals surface area (Å²) in [6, 6.07) is -0.863. The number of alkyl halides is 3. The summed E-state index contributed by atoms with van der Waals surface area (Å²) >= 11 is 0. The summed E-state index contributed by atoms with van der Waals surface area (Å²) in [5.74, 6) is -0.373. The minimum atomic E-state index is -4.41. The molecule has 0 amide bonds. The lowest BCUT2D eigenvalue weighted by atomic mass is 9.85. The maximum absolute atomic E-state index is 13.4. The van der Waals surface area contributed by atoms with Crippen LogP contribution in [0.4, 0.5) is 13.2 Å². The maximum atomic E-state index is 13.4. The summed E-state index contributed by atoms with van der Waals surface area (Å²) in [7, 11) is 0. The van der Waals surface area contributed by atoms with Gasteiger partial charge in [0.1, 0.15) is 0 Å². The van der Waals surface area contributed by atoms with Gasteiger partial charge in [0.15, 0.2) is 0 Å². The summed E-state index contributed by atoms with van der Waals surface area (Å²) in [5, 5.41) is 0. The number of rotatable bonds is 5. The fourth-order valence-corrected chi connectivity index (χ4v) is 3.76. The van der Waals surface area contributed by atoms with E-state index in [1.807, 2.05) is 19.1 Å². The van der Waals surface area contributed by atoms with Crippen molar-refractivity contribution in [3.8, 4) is 0 Å². The van der Waals surface area contributed by atoms with Crippen molar-refractivity contribution < 1.29 is 22.9 Å². The normalized spacial score (nSPS) is 32.8. The SMILES string of the molecule is CCOOCC1CCC(N2C(C(F)(F)F)=NC3C=CC=CC32)CC1. The van der Waals surface area contributed by atoms with Crippen LogP contribution in [0.15, 0.2) is 29.3 Å². The molecule has 2 atom stereocenters. The first kappa shape index (κ1) is 17.5. The minimum absolute atomic E-state index is 0.125. The molecule has 2 aliphatic carbocycles. The van der Waals surface area contributed by atoms with Gasteiger partial charge in [0.2, 0.25) is 5.84 Å². The average Bonchev–Trinajstić information content (AvgIpc) is 2.96. The molecule has 3 aliphatic rings. The van der Waals surface area contributed by atoms with Crippen molar-refractivity contribution in [2.24, 2.45) is 10.9 Å². The van der Waals surface area contributed by atoms with E-state index in [0.717, 1.165) is 25.7 Å². The highest BCUT2D eigenvalue weighted by atomic mass is 19.4. The molecular weight excluding hydrogens is 321 g/mol. The van der Waals surface area contributed by atoms with E-state index in [9.17, 15) is 13.2 Å². The van der Waals surface area contributed by atoms with Crippen LogP contribution >= 0.6 is 0 Å². The van der Waals surface area contributed by atoms with E-state index in [1.54, 1.807) is 12.2 Å². The highest BCUT2D eigenvalue weighted by molar-refractivity contribution is 5.90.